The first-order chi connectivity index (χ1) is 12.3. The molecule has 3 rings (SSSR count). The van der Waals surface area contributed by atoms with Gasteiger partial charge >= 0.3 is 6.18 Å². The molecule has 1 amide bonds. The molecular formula is C17H25F3N4O2. The highest BCUT2D eigenvalue weighted by atomic mass is 19.4. The highest BCUT2D eigenvalue weighted by Crippen LogP contribution is 2.42. The van der Waals surface area contributed by atoms with Gasteiger partial charge in [-0.3, -0.25) is 4.79 Å². The Hall–Kier alpha value is -1.61. The average molecular weight is 374 g/mol. The van der Waals surface area contributed by atoms with Gasteiger partial charge in [-0.15, -0.1) is 0 Å². The number of aromatic amines is 1. The van der Waals surface area contributed by atoms with Gasteiger partial charge in [0.15, 0.2) is 0 Å². The first-order valence-corrected chi connectivity index (χ1v) is 8.89. The number of imidazole rings is 1. The van der Waals surface area contributed by atoms with Crippen LogP contribution in [0.3, 0.4) is 0 Å². The van der Waals surface area contributed by atoms with Crippen molar-refractivity contribution in [1.29, 1.82) is 0 Å². The second-order valence-corrected chi connectivity index (χ2v) is 7.23. The Labute approximate surface area is 150 Å². The molecule has 2 aliphatic heterocycles. The molecule has 3 heterocycles. The van der Waals surface area contributed by atoms with Crippen LogP contribution in [-0.2, 0) is 21.5 Å². The van der Waals surface area contributed by atoms with Crippen molar-refractivity contribution in [2.75, 3.05) is 39.9 Å². The summed E-state index contributed by atoms with van der Waals surface area (Å²) in [7, 11) is 1.48. The second-order valence-electron chi connectivity index (χ2n) is 7.23. The van der Waals surface area contributed by atoms with Crippen molar-refractivity contribution in [2.45, 2.75) is 37.9 Å². The molecule has 0 bridgehead atoms. The van der Waals surface area contributed by atoms with Crippen molar-refractivity contribution in [3.8, 4) is 0 Å². The molecule has 2 aliphatic rings. The molecule has 0 aromatic carbocycles. The summed E-state index contributed by atoms with van der Waals surface area (Å²) in [4.78, 5) is 23.9. The Morgan fingerprint density at radius 3 is 2.69 bits per heavy atom. The van der Waals surface area contributed by atoms with Crippen LogP contribution >= 0.6 is 0 Å². The Balaban J connectivity index is 1.78. The lowest BCUT2D eigenvalue weighted by Crippen LogP contribution is -2.59. The number of nitrogens with one attached hydrogen (secondary N) is 1. The van der Waals surface area contributed by atoms with Crippen LogP contribution in [0.4, 0.5) is 13.2 Å². The molecule has 1 N–H and O–H groups in total. The van der Waals surface area contributed by atoms with Crippen molar-refractivity contribution in [3.63, 3.8) is 0 Å². The standard InChI is InChI=1S/C17H25F3N4O2/c1-12(17(18,19)20)9-23-7-4-16(5-8-23)15-13(21-11-22-15)3-6-24(16)14(25)10-26-2/h11-12H,3-10H2,1-2H3,(H,21,22). The minimum absolute atomic E-state index is 0.00364. The van der Waals surface area contributed by atoms with Crippen molar-refractivity contribution in [3.05, 3.63) is 17.7 Å². The highest BCUT2D eigenvalue weighted by Gasteiger charge is 2.49. The van der Waals surface area contributed by atoms with Crippen molar-refractivity contribution in [1.82, 2.24) is 19.8 Å². The highest BCUT2D eigenvalue weighted by molar-refractivity contribution is 5.79. The Morgan fingerprint density at radius 2 is 2.08 bits per heavy atom. The zero-order valence-electron chi connectivity index (χ0n) is 15.1. The largest absolute Gasteiger partial charge is 0.392 e. The van der Waals surface area contributed by atoms with Crippen molar-refractivity contribution in [2.24, 2.45) is 5.92 Å². The lowest BCUT2D eigenvalue weighted by molar-refractivity contribution is -0.175. The van der Waals surface area contributed by atoms with Crippen LogP contribution in [0, 0.1) is 5.92 Å². The SMILES string of the molecule is COCC(=O)N1CCc2[nH]cnc2C12CCN(CC(C)C(F)(F)F)CC2. The molecule has 1 saturated heterocycles. The van der Waals surface area contributed by atoms with E-state index in [1.54, 1.807) is 6.33 Å². The number of hydrogen-bond donors (Lipinski definition) is 1. The molecule has 0 radical (unpaired) electrons. The number of H-pyrrole nitrogens is 1. The van der Waals surface area contributed by atoms with E-state index in [1.807, 2.05) is 9.80 Å². The Bertz CT molecular complexity index is 638. The first-order valence-electron chi connectivity index (χ1n) is 8.89. The number of hydrogen-bond acceptors (Lipinski definition) is 4. The van der Waals surface area contributed by atoms with E-state index < -0.39 is 17.6 Å². The molecule has 1 unspecified atom stereocenters. The molecule has 1 aromatic heterocycles. The number of aromatic nitrogens is 2. The number of carbonyl (C=O) groups is 1. The summed E-state index contributed by atoms with van der Waals surface area (Å²) in [5.41, 5.74) is 1.32. The summed E-state index contributed by atoms with van der Waals surface area (Å²) in [6, 6.07) is 0. The number of alkyl halides is 3. The number of halogens is 3. The van der Waals surface area contributed by atoms with Crippen LogP contribution in [0.2, 0.25) is 0 Å². The van der Waals surface area contributed by atoms with Crippen LogP contribution in [-0.4, -0.2) is 71.7 Å². The number of carbonyl (C=O) groups excluding carboxylic acids is 1. The number of rotatable bonds is 4. The minimum atomic E-state index is -4.18. The smallest absolute Gasteiger partial charge is 0.375 e. The summed E-state index contributed by atoms with van der Waals surface area (Å²) in [5.74, 6) is -1.46. The maximum absolute atomic E-state index is 12.9. The Morgan fingerprint density at radius 1 is 1.38 bits per heavy atom. The predicted molar refractivity (Wildman–Crippen MR) is 88.5 cm³/mol. The number of piperidine rings is 1. The molecule has 0 aliphatic carbocycles. The van der Waals surface area contributed by atoms with Crippen molar-refractivity contribution < 1.29 is 22.7 Å². The topological polar surface area (TPSA) is 61.5 Å². The van der Waals surface area contributed by atoms with Crippen LogP contribution in [0.5, 0.6) is 0 Å². The maximum atomic E-state index is 12.9. The quantitative estimate of drug-likeness (QED) is 0.875. The van der Waals surface area contributed by atoms with Gasteiger partial charge in [0.2, 0.25) is 5.91 Å². The third-order valence-electron chi connectivity index (χ3n) is 5.60. The number of ether oxygens (including phenoxy) is 1. The molecule has 26 heavy (non-hydrogen) atoms. The van der Waals surface area contributed by atoms with Gasteiger partial charge in [0.05, 0.1) is 23.5 Å². The third-order valence-corrected chi connectivity index (χ3v) is 5.60. The van der Waals surface area contributed by atoms with E-state index >= 15 is 0 Å². The van der Waals surface area contributed by atoms with Gasteiger partial charge in [0, 0.05) is 45.4 Å². The summed E-state index contributed by atoms with van der Waals surface area (Å²) in [6.07, 6.45) is -0.707. The molecule has 1 spiro atoms. The van der Waals surface area contributed by atoms with Gasteiger partial charge in [-0.05, 0) is 12.8 Å². The fourth-order valence-electron chi connectivity index (χ4n) is 4.15. The van der Waals surface area contributed by atoms with E-state index in [0.29, 0.717) is 38.9 Å². The molecular weight excluding hydrogens is 349 g/mol. The zero-order chi connectivity index (χ0) is 18.9. The normalized spacial score (nSPS) is 21.7. The maximum Gasteiger partial charge on any atom is 0.392 e. The molecule has 6 nitrogen and oxygen atoms in total. The monoisotopic (exact) mass is 374 g/mol. The Kier molecular flexibility index (Phi) is 5.30. The van der Waals surface area contributed by atoms with Gasteiger partial charge in [-0.2, -0.15) is 13.2 Å². The van der Waals surface area contributed by atoms with Crippen LogP contribution in [0.1, 0.15) is 31.2 Å². The van der Waals surface area contributed by atoms with Crippen molar-refractivity contribution >= 4 is 5.91 Å². The summed E-state index contributed by atoms with van der Waals surface area (Å²) < 4.78 is 43.6. The zero-order valence-corrected chi connectivity index (χ0v) is 15.1. The van der Waals surface area contributed by atoms with Crippen LogP contribution in [0.15, 0.2) is 6.33 Å². The van der Waals surface area contributed by atoms with E-state index in [1.165, 1.54) is 14.0 Å². The number of nitrogens with zero attached hydrogens (tertiary/aromatic N) is 3. The molecule has 9 heteroatoms. The lowest BCUT2D eigenvalue weighted by atomic mass is 9.78. The molecule has 0 saturated carbocycles. The first kappa shape index (κ1) is 19.2. The number of amides is 1. The summed E-state index contributed by atoms with van der Waals surface area (Å²) in [5, 5.41) is 0. The van der Waals surface area contributed by atoms with E-state index in [4.69, 9.17) is 4.74 Å². The number of fused-ring (bicyclic) bond motifs is 2. The van der Waals surface area contributed by atoms with Gasteiger partial charge in [-0.25, -0.2) is 4.98 Å². The summed E-state index contributed by atoms with van der Waals surface area (Å²) in [6.45, 7) is 2.77. The third kappa shape index (κ3) is 3.46. The van der Waals surface area contributed by atoms with E-state index in [-0.39, 0.29) is 19.1 Å². The second kappa shape index (κ2) is 7.19. The van der Waals surface area contributed by atoms with Crippen LogP contribution < -0.4 is 0 Å². The number of likely N-dealkylation sites (tertiary alicyclic amines) is 1. The lowest BCUT2D eigenvalue weighted by Gasteiger charge is -2.50. The minimum Gasteiger partial charge on any atom is -0.375 e. The van der Waals surface area contributed by atoms with Crippen LogP contribution in [0.25, 0.3) is 0 Å². The predicted octanol–water partition coefficient (Wildman–Crippen LogP) is 1.93. The fraction of sp³-hybridized carbons (Fsp3) is 0.765. The summed E-state index contributed by atoms with van der Waals surface area (Å²) >= 11 is 0. The fourth-order valence-corrected chi connectivity index (χ4v) is 4.15. The van der Waals surface area contributed by atoms with E-state index in [9.17, 15) is 18.0 Å². The van der Waals surface area contributed by atoms with Gasteiger partial charge in [-0.1, -0.05) is 6.92 Å². The van der Waals surface area contributed by atoms with Gasteiger partial charge in [0.1, 0.15) is 6.61 Å². The van der Waals surface area contributed by atoms with Gasteiger partial charge < -0.3 is 19.5 Å². The molecule has 1 fully saturated rings. The molecule has 1 aromatic rings. The van der Waals surface area contributed by atoms with E-state index in [0.717, 1.165) is 11.4 Å². The number of methoxy groups -OCH3 is 1. The van der Waals surface area contributed by atoms with E-state index in [2.05, 4.69) is 9.97 Å². The molecule has 1 atom stereocenters. The average Bonchev–Trinajstić information content (AvgIpc) is 3.06. The van der Waals surface area contributed by atoms with Gasteiger partial charge in [0.25, 0.3) is 0 Å². The molecule has 146 valence electrons.